The number of carbonyl (C=O) groups excluding carboxylic acids is 2. The van der Waals surface area contributed by atoms with Crippen molar-refractivity contribution in [3.63, 3.8) is 0 Å². The average molecular weight is 1050 g/mol. The number of amides is 1. The fourth-order valence-corrected chi connectivity index (χ4v) is 10.4. The second kappa shape index (κ2) is 64.6. The summed E-state index contributed by atoms with van der Waals surface area (Å²) in [6.45, 7) is 4.91. The summed E-state index contributed by atoms with van der Waals surface area (Å²) in [6.07, 6.45) is 82.0. The monoisotopic (exact) mass is 1050 g/mol. The maximum absolute atomic E-state index is 12.5. The second-order valence-electron chi connectivity index (χ2n) is 23.1. The minimum absolute atomic E-state index is 0.00202. The zero-order chi connectivity index (χ0) is 54.3. The van der Waals surface area contributed by atoms with Crippen LogP contribution < -0.4 is 5.32 Å². The maximum Gasteiger partial charge on any atom is 0.305 e. The van der Waals surface area contributed by atoms with Crippen LogP contribution in [0.1, 0.15) is 367 Å². The highest BCUT2D eigenvalue weighted by Gasteiger charge is 2.18. The molecule has 0 heterocycles. The van der Waals surface area contributed by atoms with E-state index in [2.05, 4.69) is 43.5 Å². The lowest BCUT2D eigenvalue weighted by atomic mass is 10.0. The average Bonchev–Trinajstić information content (AvgIpc) is 3.41. The van der Waals surface area contributed by atoms with Crippen molar-refractivity contribution in [2.24, 2.45) is 0 Å². The van der Waals surface area contributed by atoms with Gasteiger partial charge in [0.25, 0.3) is 0 Å². The SMILES string of the molecule is CCCCCC/C=C\CCCCCCCC(=O)OCCCCCCCCCCCCCC/C=C\CCCCCCCCCC(=O)NC(CO)C(O)/C=C/CCCCCCCCCCCCCCCCCCCCCC. The molecular weight excluding hydrogens is 923 g/mol. The van der Waals surface area contributed by atoms with Gasteiger partial charge >= 0.3 is 5.97 Å². The zero-order valence-electron chi connectivity index (χ0n) is 50.5. The van der Waals surface area contributed by atoms with Crippen LogP contribution in [0.3, 0.4) is 0 Å². The van der Waals surface area contributed by atoms with Crippen LogP contribution in [0.2, 0.25) is 0 Å². The Bertz CT molecular complexity index is 1210. The van der Waals surface area contributed by atoms with Crippen molar-refractivity contribution in [3.8, 4) is 0 Å². The molecule has 0 spiro atoms. The number of aliphatic hydroxyl groups excluding tert-OH is 2. The van der Waals surface area contributed by atoms with Crippen molar-refractivity contribution in [1.82, 2.24) is 5.32 Å². The van der Waals surface area contributed by atoms with Crippen LogP contribution in [0.25, 0.3) is 0 Å². The number of hydrogen-bond donors (Lipinski definition) is 3. The molecule has 0 fully saturated rings. The van der Waals surface area contributed by atoms with Gasteiger partial charge in [-0.25, -0.2) is 0 Å². The van der Waals surface area contributed by atoms with Gasteiger partial charge in [0.05, 0.1) is 25.4 Å². The fraction of sp³-hybridized carbons (Fsp3) is 0.884. The Kier molecular flexibility index (Phi) is 63.0. The molecule has 442 valence electrons. The predicted molar refractivity (Wildman–Crippen MR) is 329 cm³/mol. The lowest BCUT2D eigenvalue weighted by Crippen LogP contribution is -2.45. The fourth-order valence-electron chi connectivity index (χ4n) is 10.4. The number of nitrogens with one attached hydrogen (secondary N) is 1. The summed E-state index contributed by atoms with van der Waals surface area (Å²) >= 11 is 0. The van der Waals surface area contributed by atoms with Gasteiger partial charge in [0.2, 0.25) is 5.91 Å². The molecule has 6 heteroatoms. The van der Waals surface area contributed by atoms with Gasteiger partial charge in [-0.15, -0.1) is 0 Å². The van der Waals surface area contributed by atoms with Crippen LogP contribution >= 0.6 is 0 Å². The summed E-state index contributed by atoms with van der Waals surface area (Å²) in [7, 11) is 0. The van der Waals surface area contributed by atoms with Crippen LogP contribution in [0, 0.1) is 0 Å². The third-order valence-corrected chi connectivity index (χ3v) is 15.6. The Balaban J connectivity index is 3.45. The molecular formula is C69H131NO5. The van der Waals surface area contributed by atoms with Crippen LogP contribution in [0.5, 0.6) is 0 Å². The van der Waals surface area contributed by atoms with Crippen LogP contribution in [-0.4, -0.2) is 47.4 Å². The van der Waals surface area contributed by atoms with E-state index >= 15 is 0 Å². The van der Waals surface area contributed by atoms with E-state index in [4.69, 9.17) is 4.74 Å². The Morgan fingerprint density at radius 1 is 0.360 bits per heavy atom. The van der Waals surface area contributed by atoms with E-state index in [1.165, 1.54) is 289 Å². The molecule has 2 unspecified atom stereocenters. The summed E-state index contributed by atoms with van der Waals surface area (Å²) in [6, 6.07) is -0.634. The molecule has 0 aliphatic heterocycles. The predicted octanol–water partition coefficient (Wildman–Crippen LogP) is 21.5. The number of ether oxygens (including phenoxy) is 1. The van der Waals surface area contributed by atoms with Gasteiger partial charge in [-0.05, 0) is 83.5 Å². The summed E-state index contributed by atoms with van der Waals surface area (Å²) in [5, 5.41) is 23.2. The van der Waals surface area contributed by atoms with Crippen molar-refractivity contribution in [3.05, 3.63) is 36.5 Å². The molecule has 0 radical (unpaired) electrons. The van der Waals surface area contributed by atoms with E-state index in [0.29, 0.717) is 19.4 Å². The van der Waals surface area contributed by atoms with Gasteiger partial charge < -0.3 is 20.3 Å². The number of rotatable bonds is 63. The normalized spacial score (nSPS) is 12.7. The van der Waals surface area contributed by atoms with Gasteiger partial charge in [0.15, 0.2) is 0 Å². The first kappa shape index (κ1) is 73.1. The number of esters is 1. The van der Waals surface area contributed by atoms with Gasteiger partial charge in [-0.2, -0.15) is 0 Å². The molecule has 0 aromatic carbocycles. The minimum atomic E-state index is -0.850. The highest BCUT2D eigenvalue weighted by molar-refractivity contribution is 5.76. The molecule has 75 heavy (non-hydrogen) atoms. The van der Waals surface area contributed by atoms with E-state index in [9.17, 15) is 19.8 Å². The molecule has 0 aromatic rings. The summed E-state index contributed by atoms with van der Waals surface area (Å²) in [5.74, 6) is -0.0691. The van der Waals surface area contributed by atoms with E-state index in [-0.39, 0.29) is 18.5 Å². The van der Waals surface area contributed by atoms with Crippen LogP contribution in [0.4, 0.5) is 0 Å². The Morgan fingerprint density at radius 3 is 0.960 bits per heavy atom. The number of carbonyl (C=O) groups is 2. The number of hydrogen-bond acceptors (Lipinski definition) is 5. The Labute approximate surface area is 468 Å². The van der Waals surface area contributed by atoms with Crippen molar-refractivity contribution >= 4 is 11.9 Å². The summed E-state index contributed by atoms with van der Waals surface area (Å²) in [4.78, 5) is 24.5. The van der Waals surface area contributed by atoms with Gasteiger partial charge in [0, 0.05) is 12.8 Å². The first-order chi connectivity index (χ1) is 37.0. The van der Waals surface area contributed by atoms with E-state index < -0.39 is 12.1 Å². The molecule has 3 N–H and O–H groups in total. The molecule has 1 amide bonds. The number of allylic oxidation sites excluding steroid dienone is 5. The topological polar surface area (TPSA) is 95.9 Å². The lowest BCUT2D eigenvalue weighted by Gasteiger charge is -2.20. The van der Waals surface area contributed by atoms with Gasteiger partial charge in [-0.3, -0.25) is 9.59 Å². The van der Waals surface area contributed by atoms with Gasteiger partial charge in [0.1, 0.15) is 0 Å². The molecule has 0 bridgehead atoms. The van der Waals surface area contributed by atoms with E-state index in [0.717, 1.165) is 51.4 Å². The van der Waals surface area contributed by atoms with Crippen LogP contribution in [0.15, 0.2) is 36.5 Å². The first-order valence-corrected chi connectivity index (χ1v) is 33.8. The Hall–Kier alpha value is -1.92. The molecule has 0 aliphatic rings. The quantitative estimate of drug-likeness (QED) is 0.0320. The van der Waals surface area contributed by atoms with Crippen molar-refractivity contribution in [2.75, 3.05) is 13.2 Å². The zero-order valence-corrected chi connectivity index (χ0v) is 50.5. The molecule has 0 aliphatic carbocycles. The molecule has 0 rings (SSSR count). The summed E-state index contributed by atoms with van der Waals surface area (Å²) < 4.78 is 5.47. The lowest BCUT2D eigenvalue weighted by molar-refractivity contribution is -0.143. The maximum atomic E-state index is 12.5. The third-order valence-electron chi connectivity index (χ3n) is 15.6. The number of unbranched alkanes of at least 4 members (excludes halogenated alkanes) is 48. The molecule has 0 aromatic heterocycles. The van der Waals surface area contributed by atoms with Crippen molar-refractivity contribution in [2.45, 2.75) is 379 Å². The standard InChI is InChI=1S/C69H131NO5/c1-3-5-7-9-11-13-15-17-18-19-20-21-25-28-31-34-38-41-45-49-53-57-61-67(72)66(65-71)70-68(73)62-58-54-50-46-42-39-35-32-29-26-23-22-24-27-30-33-36-40-44-48-52-56-60-64-75-69(74)63-59-55-51-47-43-37-16-14-12-10-8-6-4-2/h14,16,26,29,57,61,66-67,71-72H,3-13,15,17-25,27-28,30-56,58-60,62-65H2,1-2H3,(H,70,73)/b16-14-,29-26-,61-57+. The number of aliphatic hydroxyl groups is 2. The third kappa shape index (κ3) is 61.2. The minimum Gasteiger partial charge on any atom is -0.466 e. The van der Waals surface area contributed by atoms with Crippen molar-refractivity contribution < 1.29 is 24.5 Å². The highest BCUT2D eigenvalue weighted by Crippen LogP contribution is 2.18. The van der Waals surface area contributed by atoms with E-state index in [1.54, 1.807) is 6.08 Å². The second-order valence-corrected chi connectivity index (χ2v) is 23.1. The molecule has 6 nitrogen and oxygen atoms in total. The molecule has 0 saturated carbocycles. The molecule has 2 atom stereocenters. The highest BCUT2D eigenvalue weighted by atomic mass is 16.5. The van der Waals surface area contributed by atoms with Crippen LogP contribution in [-0.2, 0) is 14.3 Å². The van der Waals surface area contributed by atoms with Crippen molar-refractivity contribution in [1.29, 1.82) is 0 Å². The van der Waals surface area contributed by atoms with E-state index in [1.807, 2.05) is 6.08 Å². The Morgan fingerprint density at radius 2 is 0.627 bits per heavy atom. The van der Waals surface area contributed by atoms with Gasteiger partial charge in [-0.1, -0.05) is 307 Å². The summed E-state index contributed by atoms with van der Waals surface area (Å²) in [5.41, 5.74) is 0. The molecule has 0 saturated heterocycles. The smallest absolute Gasteiger partial charge is 0.305 e. The largest absolute Gasteiger partial charge is 0.466 e. The first-order valence-electron chi connectivity index (χ1n) is 33.8.